The first-order valence-electron chi connectivity index (χ1n) is 7.28. The van der Waals surface area contributed by atoms with Crippen molar-refractivity contribution < 1.29 is 4.74 Å². The van der Waals surface area contributed by atoms with Crippen LogP contribution in [0.5, 0.6) is 0 Å². The van der Waals surface area contributed by atoms with Crippen molar-refractivity contribution in [2.45, 2.75) is 51.2 Å². The lowest BCUT2D eigenvalue weighted by atomic mass is 9.86. The zero-order valence-electron chi connectivity index (χ0n) is 11.5. The van der Waals surface area contributed by atoms with Gasteiger partial charge in [0.2, 0.25) is 0 Å². The van der Waals surface area contributed by atoms with Gasteiger partial charge in [-0.1, -0.05) is 19.8 Å². The van der Waals surface area contributed by atoms with Crippen molar-refractivity contribution in [1.82, 2.24) is 10.2 Å². The number of rotatable bonds is 4. The number of hydrogen-bond acceptors (Lipinski definition) is 3. The fraction of sp³-hybridized carbons (Fsp3) is 1.00. The second kappa shape index (κ2) is 6.72. The van der Waals surface area contributed by atoms with E-state index >= 15 is 0 Å². The number of nitrogens with one attached hydrogen (secondary N) is 1. The molecule has 3 unspecified atom stereocenters. The molecule has 2 rings (SSSR count). The topological polar surface area (TPSA) is 24.5 Å². The van der Waals surface area contributed by atoms with E-state index in [4.69, 9.17) is 4.74 Å². The van der Waals surface area contributed by atoms with Crippen LogP contribution in [0.15, 0.2) is 0 Å². The Morgan fingerprint density at radius 3 is 2.94 bits per heavy atom. The van der Waals surface area contributed by atoms with Gasteiger partial charge in [0.05, 0.1) is 12.7 Å². The largest absolute Gasteiger partial charge is 0.376 e. The third-order valence-corrected chi connectivity index (χ3v) is 4.34. The van der Waals surface area contributed by atoms with E-state index in [1.54, 1.807) is 0 Å². The summed E-state index contributed by atoms with van der Waals surface area (Å²) in [6, 6.07) is 0.815. The molecule has 17 heavy (non-hydrogen) atoms. The summed E-state index contributed by atoms with van der Waals surface area (Å²) in [6.07, 6.45) is 7.24. The number of nitrogens with zero attached hydrogens (tertiary/aromatic N) is 1. The van der Waals surface area contributed by atoms with Gasteiger partial charge < -0.3 is 15.0 Å². The van der Waals surface area contributed by atoms with E-state index in [-0.39, 0.29) is 0 Å². The Morgan fingerprint density at radius 2 is 2.24 bits per heavy atom. The second-order valence-corrected chi connectivity index (χ2v) is 5.89. The van der Waals surface area contributed by atoms with E-state index in [2.05, 4.69) is 24.2 Å². The maximum absolute atomic E-state index is 5.75. The highest BCUT2D eigenvalue weighted by Gasteiger charge is 2.23. The zero-order valence-corrected chi connectivity index (χ0v) is 11.5. The first kappa shape index (κ1) is 13.3. The lowest BCUT2D eigenvalue weighted by molar-refractivity contribution is 0.0147. The lowest BCUT2D eigenvalue weighted by Crippen LogP contribution is -2.42. The Labute approximate surface area is 106 Å². The molecule has 1 aliphatic heterocycles. The van der Waals surface area contributed by atoms with Gasteiger partial charge in [0.15, 0.2) is 0 Å². The molecule has 0 bridgehead atoms. The molecule has 0 amide bonds. The van der Waals surface area contributed by atoms with Gasteiger partial charge in [0.1, 0.15) is 0 Å². The molecule has 1 heterocycles. The summed E-state index contributed by atoms with van der Waals surface area (Å²) in [7, 11) is 2.29. The van der Waals surface area contributed by atoms with Crippen LogP contribution in [0.1, 0.15) is 39.0 Å². The molecule has 0 aromatic heterocycles. The van der Waals surface area contributed by atoms with Crippen LogP contribution >= 0.6 is 0 Å². The highest BCUT2D eigenvalue weighted by atomic mass is 16.5. The number of ether oxygens (including phenoxy) is 1. The van der Waals surface area contributed by atoms with Gasteiger partial charge in [-0.05, 0) is 32.2 Å². The highest BCUT2D eigenvalue weighted by Crippen LogP contribution is 2.26. The van der Waals surface area contributed by atoms with Gasteiger partial charge in [0.25, 0.3) is 0 Å². The van der Waals surface area contributed by atoms with Crippen molar-refractivity contribution in [2.24, 2.45) is 5.92 Å². The van der Waals surface area contributed by atoms with Gasteiger partial charge in [-0.15, -0.1) is 0 Å². The van der Waals surface area contributed by atoms with Crippen LogP contribution < -0.4 is 5.32 Å². The molecule has 2 aliphatic rings. The molecular weight excluding hydrogens is 212 g/mol. The predicted molar refractivity (Wildman–Crippen MR) is 71.3 cm³/mol. The van der Waals surface area contributed by atoms with E-state index in [9.17, 15) is 0 Å². The molecule has 0 aromatic carbocycles. The molecule has 3 atom stereocenters. The smallest absolute Gasteiger partial charge is 0.0712 e. The first-order valence-corrected chi connectivity index (χ1v) is 7.28. The Bertz CT molecular complexity index is 216. The highest BCUT2D eigenvalue weighted by molar-refractivity contribution is 4.78. The minimum absolute atomic E-state index is 0.437. The summed E-state index contributed by atoms with van der Waals surface area (Å²) < 4.78 is 5.75. The van der Waals surface area contributed by atoms with Crippen molar-refractivity contribution >= 4 is 0 Å². The van der Waals surface area contributed by atoms with E-state index in [1.807, 2.05) is 0 Å². The zero-order chi connectivity index (χ0) is 12.1. The Hall–Kier alpha value is -0.120. The minimum Gasteiger partial charge on any atom is -0.376 e. The van der Waals surface area contributed by atoms with Crippen molar-refractivity contribution in [2.75, 3.05) is 33.3 Å². The van der Waals surface area contributed by atoms with Crippen LogP contribution in [0.3, 0.4) is 0 Å². The van der Waals surface area contributed by atoms with Crippen LogP contribution in [0, 0.1) is 5.92 Å². The molecule has 0 spiro atoms. The third kappa shape index (κ3) is 4.23. The Balaban J connectivity index is 1.67. The van der Waals surface area contributed by atoms with Crippen molar-refractivity contribution in [3.8, 4) is 0 Å². The average molecular weight is 240 g/mol. The van der Waals surface area contributed by atoms with Crippen LogP contribution in [0.2, 0.25) is 0 Å². The Kier molecular flexibility index (Phi) is 5.26. The Morgan fingerprint density at radius 1 is 1.35 bits per heavy atom. The van der Waals surface area contributed by atoms with Crippen molar-refractivity contribution in [3.63, 3.8) is 0 Å². The SMILES string of the molecule is CC1CCCC(N(C)CCC2CNCCO2)C1. The summed E-state index contributed by atoms with van der Waals surface area (Å²) in [5.41, 5.74) is 0. The summed E-state index contributed by atoms with van der Waals surface area (Å²) in [5.74, 6) is 0.920. The molecule has 0 aromatic rings. The van der Waals surface area contributed by atoms with Crippen LogP contribution in [0.25, 0.3) is 0 Å². The summed E-state index contributed by atoms with van der Waals surface area (Å²) >= 11 is 0. The fourth-order valence-corrected chi connectivity index (χ4v) is 3.14. The number of hydrogen-bond donors (Lipinski definition) is 1. The monoisotopic (exact) mass is 240 g/mol. The standard InChI is InChI=1S/C14H28N2O/c1-12-4-3-5-13(10-12)16(2)8-6-14-11-15-7-9-17-14/h12-15H,3-11H2,1-2H3. The summed E-state index contributed by atoms with van der Waals surface area (Å²) in [4.78, 5) is 2.56. The van der Waals surface area contributed by atoms with E-state index in [0.717, 1.165) is 31.7 Å². The molecule has 1 aliphatic carbocycles. The maximum atomic E-state index is 5.75. The molecule has 1 saturated carbocycles. The third-order valence-electron chi connectivity index (χ3n) is 4.34. The lowest BCUT2D eigenvalue weighted by Gasteiger charge is -2.35. The normalized spacial score (nSPS) is 35.1. The van der Waals surface area contributed by atoms with Gasteiger partial charge in [-0.25, -0.2) is 0 Å². The molecule has 1 saturated heterocycles. The van der Waals surface area contributed by atoms with Gasteiger partial charge in [-0.2, -0.15) is 0 Å². The molecule has 1 N–H and O–H groups in total. The minimum atomic E-state index is 0.437. The molecular formula is C14H28N2O. The van der Waals surface area contributed by atoms with Crippen molar-refractivity contribution in [3.05, 3.63) is 0 Å². The first-order chi connectivity index (χ1) is 8.25. The predicted octanol–water partition coefficient (Wildman–Crippen LogP) is 1.88. The summed E-state index contributed by atoms with van der Waals surface area (Å²) in [6.45, 7) is 6.52. The van der Waals surface area contributed by atoms with E-state index in [0.29, 0.717) is 6.10 Å². The fourth-order valence-electron chi connectivity index (χ4n) is 3.14. The van der Waals surface area contributed by atoms with Crippen LogP contribution in [-0.2, 0) is 4.74 Å². The van der Waals surface area contributed by atoms with E-state index in [1.165, 1.54) is 38.6 Å². The molecule has 0 radical (unpaired) electrons. The average Bonchev–Trinajstić information content (AvgIpc) is 2.37. The molecule has 3 nitrogen and oxygen atoms in total. The number of morpholine rings is 1. The molecule has 2 fully saturated rings. The van der Waals surface area contributed by atoms with Gasteiger partial charge >= 0.3 is 0 Å². The second-order valence-electron chi connectivity index (χ2n) is 5.89. The van der Waals surface area contributed by atoms with Crippen molar-refractivity contribution in [1.29, 1.82) is 0 Å². The quantitative estimate of drug-likeness (QED) is 0.812. The molecule has 3 heteroatoms. The van der Waals surface area contributed by atoms with Crippen LogP contribution in [0.4, 0.5) is 0 Å². The summed E-state index contributed by atoms with van der Waals surface area (Å²) in [5, 5.41) is 3.40. The van der Waals surface area contributed by atoms with E-state index < -0.39 is 0 Å². The van der Waals surface area contributed by atoms with Crippen LogP contribution in [-0.4, -0.2) is 50.3 Å². The molecule has 100 valence electrons. The van der Waals surface area contributed by atoms with Gasteiger partial charge in [-0.3, -0.25) is 0 Å². The van der Waals surface area contributed by atoms with Gasteiger partial charge in [0, 0.05) is 25.7 Å². The maximum Gasteiger partial charge on any atom is 0.0712 e.